The summed E-state index contributed by atoms with van der Waals surface area (Å²) in [6, 6.07) is 4.04. The van der Waals surface area contributed by atoms with Crippen LogP contribution in [0.1, 0.15) is 54.4 Å². The maximum absolute atomic E-state index is 12.8. The third-order valence-electron chi connectivity index (χ3n) is 6.23. The van der Waals surface area contributed by atoms with Gasteiger partial charge in [0, 0.05) is 24.7 Å². The summed E-state index contributed by atoms with van der Waals surface area (Å²) in [5.41, 5.74) is 2.05. The SMILES string of the molecule is C=NC=Nc1c(C)n(CC2(n3cc(C)c4cccnc43)CCCC2)nc(C(C)=O)c1=O. The maximum Gasteiger partial charge on any atom is 0.237 e. The lowest BCUT2D eigenvalue weighted by Gasteiger charge is -2.33. The van der Waals surface area contributed by atoms with Crippen LogP contribution in [0.25, 0.3) is 11.0 Å². The van der Waals surface area contributed by atoms with E-state index in [4.69, 9.17) is 0 Å². The molecule has 0 atom stereocenters. The summed E-state index contributed by atoms with van der Waals surface area (Å²) in [6.45, 7) is 9.14. The van der Waals surface area contributed by atoms with Crippen LogP contribution in [0, 0.1) is 13.8 Å². The molecule has 0 saturated heterocycles. The fraction of sp³-hybridized carbons (Fsp3) is 0.391. The molecule has 0 aromatic carbocycles. The molecule has 1 saturated carbocycles. The van der Waals surface area contributed by atoms with Crippen molar-refractivity contribution in [2.45, 2.75) is 58.5 Å². The lowest BCUT2D eigenvalue weighted by Crippen LogP contribution is -2.37. The van der Waals surface area contributed by atoms with Crippen molar-refractivity contribution in [1.82, 2.24) is 19.3 Å². The summed E-state index contributed by atoms with van der Waals surface area (Å²) in [6.07, 6.45) is 9.30. The van der Waals surface area contributed by atoms with Crippen molar-refractivity contribution >= 4 is 35.6 Å². The Morgan fingerprint density at radius 1 is 1.32 bits per heavy atom. The number of pyridine rings is 1. The lowest BCUT2D eigenvalue weighted by atomic mass is 9.96. The zero-order valence-corrected chi connectivity index (χ0v) is 18.1. The molecule has 3 aromatic rings. The number of nitrogens with zero attached hydrogens (tertiary/aromatic N) is 6. The average Bonchev–Trinajstić information content (AvgIpc) is 3.36. The highest BCUT2D eigenvalue weighted by molar-refractivity contribution is 5.92. The zero-order chi connectivity index (χ0) is 22.2. The lowest BCUT2D eigenvalue weighted by molar-refractivity contribution is 0.100. The molecule has 3 aromatic heterocycles. The number of hydrogen-bond acceptors (Lipinski definition) is 5. The highest BCUT2D eigenvalue weighted by Crippen LogP contribution is 2.41. The van der Waals surface area contributed by atoms with E-state index in [1.807, 2.05) is 12.3 Å². The number of aromatic nitrogens is 4. The molecule has 8 heteroatoms. The van der Waals surface area contributed by atoms with Crippen LogP contribution in [0.4, 0.5) is 5.69 Å². The third-order valence-corrected chi connectivity index (χ3v) is 6.23. The van der Waals surface area contributed by atoms with Crippen LogP contribution < -0.4 is 5.43 Å². The van der Waals surface area contributed by atoms with E-state index < -0.39 is 5.43 Å². The molecule has 1 aliphatic carbocycles. The molecule has 0 aliphatic heterocycles. The molecule has 3 heterocycles. The van der Waals surface area contributed by atoms with E-state index in [-0.39, 0.29) is 22.7 Å². The van der Waals surface area contributed by atoms with Crippen LogP contribution in [-0.2, 0) is 12.1 Å². The van der Waals surface area contributed by atoms with Crippen molar-refractivity contribution in [2.24, 2.45) is 9.98 Å². The summed E-state index contributed by atoms with van der Waals surface area (Å²) >= 11 is 0. The monoisotopic (exact) mass is 418 g/mol. The van der Waals surface area contributed by atoms with Gasteiger partial charge in [-0.05, 0) is 51.1 Å². The van der Waals surface area contributed by atoms with E-state index >= 15 is 0 Å². The second-order valence-electron chi connectivity index (χ2n) is 8.24. The van der Waals surface area contributed by atoms with E-state index in [0.717, 1.165) is 36.7 Å². The van der Waals surface area contributed by atoms with Crippen LogP contribution in [0.5, 0.6) is 0 Å². The van der Waals surface area contributed by atoms with Gasteiger partial charge in [-0.25, -0.2) is 9.98 Å². The first-order chi connectivity index (χ1) is 14.9. The molecular weight excluding hydrogens is 392 g/mol. The molecule has 8 nitrogen and oxygen atoms in total. The highest BCUT2D eigenvalue weighted by Gasteiger charge is 2.38. The van der Waals surface area contributed by atoms with Gasteiger partial charge in [0.25, 0.3) is 0 Å². The minimum Gasteiger partial charge on any atom is -0.324 e. The van der Waals surface area contributed by atoms with Gasteiger partial charge in [0.05, 0.1) is 17.8 Å². The summed E-state index contributed by atoms with van der Waals surface area (Å²) in [7, 11) is 0. The first kappa shape index (κ1) is 20.8. The van der Waals surface area contributed by atoms with Gasteiger partial charge in [-0.3, -0.25) is 19.3 Å². The fourth-order valence-electron chi connectivity index (χ4n) is 4.64. The zero-order valence-electron chi connectivity index (χ0n) is 18.1. The summed E-state index contributed by atoms with van der Waals surface area (Å²) in [5.74, 6) is -0.383. The number of aryl methyl sites for hydroxylation is 1. The highest BCUT2D eigenvalue weighted by atomic mass is 16.1. The smallest absolute Gasteiger partial charge is 0.237 e. The van der Waals surface area contributed by atoms with Crippen molar-refractivity contribution in [3.8, 4) is 0 Å². The first-order valence-corrected chi connectivity index (χ1v) is 10.4. The number of fused-ring (bicyclic) bond motifs is 1. The van der Waals surface area contributed by atoms with Gasteiger partial charge in [0.15, 0.2) is 11.5 Å². The molecule has 4 rings (SSSR count). The minimum absolute atomic E-state index is 0.110. The fourth-order valence-corrected chi connectivity index (χ4v) is 4.64. The Hall–Kier alpha value is -3.42. The second-order valence-corrected chi connectivity index (χ2v) is 8.24. The van der Waals surface area contributed by atoms with Gasteiger partial charge in [0.2, 0.25) is 5.43 Å². The Morgan fingerprint density at radius 3 is 2.74 bits per heavy atom. The number of ketones is 1. The van der Waals surface area contributed by atoms with Crippen LogP contribution in [-0.4, -0.2) is 38.2 Å². The number of carbonyl (C=O) groups excluding carboxylic acids is 1. The van der Waals surface area contributed by atoms with Crippen LogP contribution in [0.15, 0.2) is 39.3 Å². The topological polar surface area (TPSA) is 94.5 Å². The summed E-state index contributed by atoms with van der Waals surface area (Å²) < 4.78 is 4.02. The van der Waals surface area contributed by atoms with Gasteiger partial charge in [-0.2, -0.15) is 5.10 Å². The van der Waals surface area contributed by atoms with Gasteiger partial charge >= 0.3 is 0 Å². The molecule has 0 spiro atoms. The van der Waals surface area contributed by atoms with Crippen LogP contribution in [0.3, 0.4) is 0 Å². The van der Waals surface area contributed by atoms with Gasteiger partial charge in [-0.1, -0.05) is 12.8 Å². The number of rotatable bonds is 6. The standard InChI is InChI=1S/C23H26N6O2/c1-15-12-28(22-18(15)8-7-11-25-22)23(9-5-6-10-23)13-29-16(2)19(26-14-24-4)21(31)20(27-29)17(3)30/h7-8,11-12,14H,4-6,9-10,13H2,1-3H3. The van der Waals surface area contributed by atoms with Crippen molar-refractivity contribution in [2.75, 3.05) is 0 Å². The van der Waals surface area contributed by atoms with E-state index in [9.17, 15) is 9.59 Å². The molecule has 31 heavy (non-hydrogen) atoms. The molecule has 1 fully saturated rings. The predicted molar refractivity (Wildman–Crippen MR) is 122 cm³/mol. The van der Waals surface area contributed by atoms with Crippen LogP contribution in [0.2, 0.25) is 0 Å². The Bertz CT molecular complexity index is 1260. The van der Waals surface area contributed by atoms with Gasteiger partial charge in [0.1, 0.15) is 17.7 Å². The van der Waals surface area contributed by atoms with Crippen molar-refractivity contribution in [3.05, 3.63) is 51.7 Å². The predicted octanol–water partition coefficient (Wildman–Crippen LogP) is 3.74. The number of Topliss-reactive ketones (excluding diaryl/α,β-unsaturated/α-hetero) is 1. The Balaban J connectivity index is 1.90. The normalized spacial score (nSPS) is 15.7. The van der Waals surface area contributed by atoms with E-state index in [1.54, 1.807) is 11.6 Å². The van der Waals surface area contributed by atoms with Crippen LogP contribution >= 0.6 is 0 Å². The van der Waals surface area contributed by atoms with E-state index in [1.165, 1.54) is 18.8 Å². The molecular formula is C23H26N6O2. The third kappa shape index (κ3) is 3.52. The summed E-state index contributed by atoms with van der Waals surface area (Å²) in [4.78, 5) is 37.3. The Kier molecular flexibility index (Phi) is 5.39. The maximum atomic E-state index is 12.8. The first-order valence-electron chi connectivity index (χ1n) is 10.4. The number of aliphatic imine (C=N–C) groups is 2. The molecule has 0 bridgehead atoms. The number of carbonyl (C=O) groups is 1. The molecule has 0 radical (unpaired) electrons. The second kappa shape index (κ2) is 8.02. The van der Waals surface area contributed by atoms with E-state index in [0.29, 0.717) is 12.2 Å². The van der Waals surface area contributed by atoms with Gasteiger partial charge < -0.3 is 4.57 Å². The quantitative estimate of drug-likeness (QED) is 0.346. The molecule has 0 N–H and O–H groups in total. The average molecular weight is 419 g/mol. The van der Waals surface area contributed by atoms with E-state index in [2.05, 4.69) is 50.5 Å². The molecule has 1 aliphatic rings. The summed E-state index contributed by atoms with van der Waals surface area (Å²) in [5, 5.41) is 5.59. The Labute approximate surface area is 180 Å². The van der Waals surface area contributed by atoms with Crippen molar-refractivity contribution in [1.29, 1.82) is 0 Å². The van der Waals surface area contributed by atoms with Crippen molar-refractivity contribution < 1.29 is 4.79 Å². The number of hydrogen-bond donors (Lipinski definition) is 0. The minimum atomic E-state index is -0.481. The Morgan fingerprint density at radius 2 is 2.06 bits per heavy atom. The molecule has 0 unspecified atom stereocenters. The van der Waals surface area contributed by atoms with Crippen molar-refractivity contribution in [3.63, 3.8) is 0 Å². The molecule has 0 amide bonds. The molecule has 160 valence electrons. The largest absolute Gasteiger partial charge is 0.324 e. The van der Waals surface area contributed by atoms with Gasteiger partial charge in [-0.15, -0.1) is 0 Å².